The Morgan fingerprint density at radius 3 is 2.72 bits per heavy atom. The van der Waals surface area contributed by atoms with Crippen LogP contribution in [0.2, 0.25) is 0 Å². The molecule has 10 heteroatoms. The Labute approximate surface area is 150 Å². The highest BCUT2D eigenvalue weighted by Gasteiger charge is 2.20. The van der Waals surface area contributed by atoms with Gasteiger partial charge < -0.3 is 14.1 Å². The van der Waals surface area contributed by atoms with Crippen LogP contribution in [-0.2, 0) is 19.6 Å². The van der Waals surface area contributed by atoms with Crippen molar-refractivity contribution in [3.8, 4) is 0 Å². The molecule has 0 unspecified atom stereocenters. The number of oxazole rings is 1. The Balaban J connectivity index is 1.72. The normalized spacial score (nSPS) is 15.9. The summed E-state index contributed by atoms with van der Waals surface area (Å²) in [7, 11) is -0.581. The van der Waals surface area contributed by atoms with Crippen molar-refractivity contribution in [3.05, 3.63) is 18.2 Å². The van der Waals surface area contributed by atoms with E-state index >= 15 is 0 Å². The van der Waals surface area contributed by atoms with Crippen LogP contribution in [0.4, 0.5) is 0 Å². The summed E-state index contributed by atoms with van der Waals surface area (Å²) in [4.78, 5) is 18.3. The molecule has 0 saturated carbocycles. The average Bonchev–Trinajstić information content (AvgIpc) is 3.02. The van der Waals surface area contributed by atoms with Crippen LogP contribution in [-0.4, -0.2) is 74.7 Å². The smallest absolute Gasteiger partial charge is 0.257 e. The lowest BCUT2D eigenvalue weighted by atomic mass is 10.3. The van der Waals surface area contributed by atoms with Crippen molar-refractivity contribution in [2.45, 2.75) is 10.1 Å². The van der Waals surface area contributed by atoms with Gasteiger partial charge in [0.15, 0.2) is 5.58 Å². The second-order valence-electron chi connectivity index (χ2n) is 5.68. The maximum atomic E-state index is 12.2. The number of sulfonamides is 1. The standard InChI is InChI=1S/C15H19N3O5S2/c1-17(2)25(20,21)11-3-4-13-12(9-11)16-15(23-13)24-10-14(19)18-5-7-22-8-6-18/h3-4,9H,5-8,10H2,1-2H3. The molecule has 0 N–H and O–H groups in total. The highest BCUT2D eigenvalue weighted by atomic mass is 32.2. The van der Waals surface area contributed by atoms with Gasteiger partial charge in [-0.2, -0.15) is 0 Å². The molecular weight excluding hydrogens is 366 g/mol. The van der Waals surface area contributed by atoms with Crippen LogP contribution < -0.4 is 0 Å². The Kier molecular flexibility index (Phi) is 5.32. The lowest BCUT2D eigenvalue weighted by molar-refractivity contribution is -0.132. The third-order valence-electron chi connectivity index (χ3n) is 3.80. The van der Waals surface area contributed by atoms with E-state index in [9.17, 15) is 13.2 Å². The van der Waals surface area contributed by atoms with E-state index in [0.717, 1.165) is 4.31 Å². The van der Waals surface area contributed by atoms with E-state index in [4.69, 9.17) is 9.15 Å². The van der Waals surface area contributed by atoms with Crippen molar-refractivity contribution < 1.29 is 22.4 Å². The summed E-state index contributed by atoms with van der Waals surface area (Å²) in [5, 5.41) is 0.344. The first-order valence-corrected chi connectivity index (χ1v) is 10.1. The number of thioether (sulfide) groups is 1. The van der Waals surface area contributed by atoms with E-state index in [1.54, 1.807) is 11.0 Å². The van der Waals surface area contributed by atoms with Crippen molar-refractivity contribution in [1.29, 1.82) is 0 Å². The summed E-state index contributed by atoms with van der Waals surface area (Å²) in [6, 6.07) is 4.53. The first-order chi connectivity index (χ1) is 11.9. The number of nitrogens with zero attached hydrogens (tertiary/aromatic N) is 3. The van der Waals surface area contributed by atoms with Crippen molar-refractivity contribution in [1.82, 2.24) is 14.2 Å². The van der Waals surface area contributed by atoms with Gasteiger partial charge in [0.25, 0.3) is 5.22 Å². The van der Waals surface area contributed by atoms with Gasteiger partial charge in [0, 0.05) is 27.2 Å². The molecule has 2 heterocycles. The lowest BCUT2D eigenvalue weighted by Gasteiger charge is -2.26. The number of benzene rings is 1. The van der Waals surface area contributed by atoms with E-state index in [1.807, 2.05) is 0 Å². The largest absolute Gasteiger partial charge is 0.431 e. The van der Waals surface area contributed by atoms with Crippen LogP contribution in [0, 0.1) is 0 Å². The molecule has 8 nitrogen and oxygen atoms in total. The number of rotatable bonds is 5. The molecule has 3 rings (SSSR count). The topological polar surface area (TPSA) is 93.0 Å². The van der Waals surface area contributed by atoms with Gasteiger partial charge >= 0.3 is 0 Å². The highest BCUT2D eigenvalue weighted by Crippen LogP contribution is 2.26. The van der Waals surface area contributed by atoms with E-state index in [-0.39, 0.29) is 16.6 Å². The number of carbonyl (C=O) groups excluding carboxylic acids is 1. The molecule has 0 radical (unpaired) electrons. The summed E-state index contributed by atoms with van der Waals surface area (Å²) >= 11 is 1.20. The summed E-state index contributed by atoms with van der Waals surface area (Å²) in [5.74, 6) is 0.224. The Morgan fingerprint density at radius 2 is 2.04 bits per heavy atom. The fourth-order valence-corrected chi connectivity index (χ4v) is 4.01. The molecule has 1 aliphatic rings. The lowest BCUT2D eigenvalue weighted by Crippen LogP contribution is -2.41. The van der Waals surface area contributed by atoms with Gasteiger partial charge in [-0.05, 0) is 18.2 Å². The first kappa shape index (κ1) is 18.2. The summed E-state index contributed by atoms with van der Waals surface area (Å²) in [5.41, 5.74) is 0.934. The van der Waals surface area contributed by atoms with Gasteiger partial charge in [0.1, 0.15) is 5.52 Å². The highest BCUT2D eigenvalue weighted by molar-refractivity contribution is 7.99. The minimum atomic E-state index is -3.53. The molecule has 1 aromatic carbocycles. The number of ether oxygens (including phenoxy) is 1. The van der Waals surface area contributed by atoms with Crippen LogP contribution in [0.1, 0.15) is 0 Å². The third kappa shape index (κ3) is 3.97. The fraction of sp³-hybridized carbons (Fsp3) is 0.467. The van der Waals surface area contributed by atoms with E-state index in [0.29, 0.717) is 42.6 Å². The maximum Gasteiger partial charge on any atom is 0.257 e. The monoisotopic (exact) mass is 385 g/mol. The number of fused-ring (bicyclic) bond motifs is 1. The number of amides is 1. The van der Waals surface area contributed by atoms with Crippen LogP contribution in [0.15, 0.2) is 32.7 Å². The van der Waals surface area contributed by atoms with Gasteiger partial charge in [-0.15, -0.1) is 0 Å². The van der Waals surface area contributed by atoms with Crippen LogP contribution in [0.25, 0.3) is 11.1 Å². The number of aromatic nitrogens is 1. The molecule has 0 bridgehead atoms. The second kappa shape index (κ2) is 7.32. The van der Waals surface area contributed by atoms with Crippen LogP contribution >= 0.6 is 11.8 Å². The predicted molar refractivity (Wildman–Crippen MR) is 93.0 cm³/mol. The Morgan fingerprint density at radius 1 is 1.32 bits per heavy atom. The van der Waals surface area contributed by atoms with Crippen molar-refractivity contribution in [2.24, 2.45) is 0 Å². The van der Waals surface area contributed by atoms with E-state index in [2.05, 4.69) is 4.98 Å². The summed E-state index contributed by atoms with van der Waals surface area (Å²) in [6.45, 7) is 2.31. The van der Waals surface area contributed by atoms with Gasteiger partial charge in [-0.1, -0.05) is 11.8 Å². The molecule has 2 aromatic rings. The van der Waals surface area contributed by atoms with Crippen molar-refractivity contribution in [2.75, 3.05) is 46.2 Å². The van der Waals surface area contributed by atoms with Crippen LogP contribution in [0.5, 0.6) is 0 Å². The zero-order valence-electron chi connectivity index (χ0n) is 14.0. The van der Waals surface area contributed by atoms with Crippen LogP contribution in [0.3, 0.4) is 0 Å². The molecule has 0 aliphatic carbocycles. The molecule has 1 amide bonds. The molecule has 136 valence electrons. The number of carbonyl (C=O) groups is 1. The fourth-order valence-electron chi connectivity index (χ4n) is 2.35. The Hall–Kier alpha value is -1.62. The minimum Gasteiger partial charge on any atom is -0.431 e. The van der Waals surface area contributed by atoms with Crippen molar-refractivity contribution >= 4 is 38.8 Å². The predicted octanol–water partition coefficient (Wildman–Crippen LogP) is 1.03. The zero-order valence-corrected chi connectivity index (χ0v) is 15.6. The second-order valence-corrected chi connectivity index (χ2v) is 8.76. The minimum absolute atomic E-state index is 0.00595. The van der Waals surface area contributed by atoms with Gasteiger partial charge in [-0.3, -0.25) is 4.79 Å². The zero-order chi connectivity index (χ0) is 18.0. The number of hydrogen-bond donors (Lipinski definition) is 0. The quantitative estimate of drug-likeness (QED) is 0.710. The molecule has 1 aliphatic heterocycles. The van der Waals surface area contributed by atoms with E-state index < -0.39 is 10.0 Å². The molecule has 1 saturated heterocycles. The van der Waals surface area contributed by atoms with Gasteiger partial charge in [0.2, 0.25) is 15.9 Å². The first-order valence-electron chi connectivity index (χ1n) is 7.69. The maximum absolute atomic E-state index is 12.2. The Bertz CT molecular complexity index is 872. The molecule has 1 fully saturated rings. The third-order valence-corrected chi connectivity index (χ3v) is 6.42. The number of hydrogen-bond acceptors (Lipinski definition) is 7. The SMILES string of the molecule is CN(C)S(=O)(=O)c1ccc2oc(SCC(=O)N3CCOCC3)nc2c1. The summed E-state index contributed by atoms with van der Waals surface area (Å²) in [6.07, 6.45) is 0. The average molecular weight is 385 g/mol. The summed E-state index contributed by atoms with van der Waals surface area (Å²) < 4.78 is 36.3. The molecule has 0 atom stereocenters. The van der Waals surface area contributed by atoms with Crippen molar-refractivity contribution in [3.63, 3.8) is 0 Å². The molecule has 0 spiro atoms. The van der Waals surface area contributed by atoms with E-state index in [1.165, 1.54) is 38.0 Å². The van der Waals surface area contributed by atoms with Gasteiger partial charge in [-0.25, -0.2) is 17.7 Å². The molecule has 1 aromatic heterocycles. The molecule has 25 heavy (non-hydrogen) atoms. The molecular formula is C15H19N3O5S2. The van der Waals surface area contributed by atoms with Gasteiger partial charge in [0.05, 0.1) is 23.9 Å². The number of morpholine rings is 1.